The van der Waals surface area contributed by atoms with Crippen molar-refractivity contribution < 1.29 is 14.6 Å². The van der Waals surface area contributed by atoms with Crippen molar-refractivity contribution in [2.75, 3.05) is 32.8 Å². The van der Waals surface area contributed by atoms with Gasteiger partial charge < -0.3 is 20.1 Å². The van der Waals surface area contributed by atoms with Crippen LogP contribution < -0.4 is 5.32 Å². The van der Waals surface area contributed by atoms with E-state index in [0.717, 1.165) is 32.4 Å². The molecule has 0 unspecified atom stereocenters. The fourth-order valence-electron chi connectivity index (χ4n) is 2.02. The molecule has 1 fully saturated rings. The van der Waals surface area contributed by atoms with Crippen LogP contribution in [0.1, 0.15) is 33.1 Å². The van der Waals surface area contributed by atoms with Gasteiger partial charge in [0.25, 0.3) is 0 Å². The van der Waals surface area contributed by atoms with Crippen molar-refractivity contribution in [3.05, 3.63) is 0 Å². The Kier molecular flexibility index (Phi) is 7.05. The van der Waals surface area contributed by atoms with Gasteiger partial charge in [-0.15, -0.1) is 0 Å². The van der Waals surface area contributed by atoms with Crippen LogP contribution in [0.25, 0.3) is 0 Å². The number of aliphatic hydroxyl groups is 1. The molecule has 0 spiro atoms. The molecule has 0 atom stereocenters. The van der Waals surface area contributed by atoms with Crippen molar-refractivity contribution in [3.63, 3.8) is 0 Å². The first-order chi connectivity index (χ1) is 8.63. The summed E-state index contributed by atoms with van der Waals surface area (Å²) in [4.78, 5) is 13.6. The van der Waals surface area contributed by atoms with E-state index < -0.39 is 0 Å². The maximum atomic E-state index is 11.8. The van der Waals surface area contributed by atoms with E-state index in [1.165, 1.54) is 0 Å². The molecule has 0 radical (unpaired) electrons. The predicted octanol–water partition coefficient (Wildman–Crippen LogP) is 1.22. The van der Waals surface area contributed by atoms with Crippen LogP contribution >= 0.6 is 0 Å². The topological polar surface area (TPSA) is 61.8 Å². The lowest BCUT2D eigenvalue weighted by Gasteiger charge is -2.31. The third-order valence-corrected chi connectivity index (χ3v) is 3.21. The van der Waals surface area contributed by atoms with Crippen LogP contribution in [0.2, 0.25) is 0 Å². The van der Waals surface area contributed by atoms with Crippen LogP contribution in [0.4, 0.5) is 4.79 Å². The zero-order chi connectivity index (χ0) is 13.4. The lowest BCUT2D eigenvalue weighted by Crippen LogP contribution is -2.45. The zero-order valence-electron chi connectivity index (χ0n) is 11.5. The molecule has 1 rings (SSSR count). The molecular formula is C13H26N2O3. The molecule has 1 heterocycles. The van der Waals surface area contributed by atoms with Crippen LogP contribution in [-0.2, 0) is 4.74 Å². The van der Waals surface area contributed by atoms with Gasteiger partial charge in [0.1, 0.15) is 0 Å². The second-order valence-corrected chi connectivity index (χ2v) is 5.12. The highest BCUT2D eigenvalue weighted by Gasteiger charge is 2.21. The fraction of sp³-hybridized carbons (Fsp3) is 0.923. The molecule has 0 aromatic rings. The lowest BCUT2D eigenvalue weighted by molar-refractivity contribution is 0.0769. The van der Waals surface area contributed by atoms with Gasteiger partial charge in [0.2, 0.25) is 0 Å². The summed E-state index contributed by atoms with van der Waals surface area (Å²) in [6.07, 6.45) is 2.90. The number of hydrogen-bond acceptors (Lipinski definition) is 3. The number of urea groups is 1. The van der Waals surface area contributed by atoms with E-state index in [0.29, 0.717) is 19.1 Å². The molecule has 0 saturated carbocycles. The summed E-state index contributed by atoms with van der Waals surface area (Å²) < 4.78 is 5.41. The number of piperidine rings is 1. The second kappa shape index (κ2) is 8.32. The Morgan fingerprint density at radius 3 is 2.67 bits per heavy atom. The Labute approximate surface area is 109 Å². The molecule has 1 saturated heterocycles. The van der Waals surface area contributed by atoms with Gasteiger partial charge in [-0.05, 0) is 39.0 Å². The first kappa shape index (κ1) is 15.2. The van der Waals surface area contributed by atoms with Crippen molar-refractivity contribution in [2.24, 2.45) is 5.92 Å². The normalized spacial score (nSPS) is 17.2. The fourth-order valence-corrected chi connectivity index (χ4v) is 2.02. The molecule has 0 aromatic carbocycles. The van der Waals surface area contributed by atoms with E-state index in [2.05, 4.69) is 5.32 Å². The van der Waals surface area contributed by atoms with Crippen molar-refractivity contribution in [3.8, 4) is 0 Å². The van der Waals surface area contributed by atoms with Gasteiger partial charge in [-0.25, -0.2) is 4.79 Å². The number of likely N-dealkylation sites (tertiary alicyclic amines) is 1. The Hall–Kier alpha value is -0.810. The number of ether oxygens (including phenoxy) is 1. The summed E-state index contributed by atoms with van der Waals surface area (Å²) >= 11 is 0. The molecule has 1 aliphatic rings. The maximum Gasteiger partial charge on any atom is 0.317 e. The molecule has 2 N–H and O–H groups in total. The minimum absolute atomic E-state index is 0.0101. The Bertz CT molecular complexity index is 238. The molecule has 1 aliphatic heterocycles. The largest absolute Gasteiger partial charge is 0.396 e. The smallest absolute Gasteiger partial charge is 0.317 e. The van der Waals surface area contributed by atoms with E-state index >= 15 is 0 Å². The molecular weight excluding hydrogens is 232 g/mol. The van der Waals surface area contributed by atoms with Crippen LogP contribution in [0.3, 0.4) is 0 Å². The first-order valence-electron chi connectivity index (χ1n) is 6.88. The summed E-state index contributed by atoms with van der Waals surface area (Å²) in [5.74, 6) is 0.369. The van der Waals surface area contributed by atoms with E-state index in [4.69, 9.17) is 9.84 Å². The van der Waals surface area contributed by atoms with Gasteiger partial charge >= 0.3 is 6.03 Å². The number of nitrogens with zero attached hydrogens (tertiary/aromatic N) is 1. The number of aliphatic hydroxyl groups excluding tert-OH is 1. The van der Waals surface area contributed by atoms with Crippen LogP contribution in [0.15, 0.2) is 0 Å². The van der Waals surface area contributed by atoms with Gasteiger partial charge in [0, 0.05) is 32.8 Å². The number of carbonyl (C=O) groups excluding carboxylic acids is 1. The minimum Gasteiger partial charge on any atom is -0.396 e. The number of nitrogens with one attached hydrogen (secondary N) is 1. The molecule has 0 aliphatic carbocycles. The minimum atomic E-state index is 0.0101. The quantitative estimate of drug-likeness (QED) is 0.704. The van der Waals surface area contributed by atoms with E-state index in [1.807, 2.05) is 18.7 Å². The monoisotopic (exact) mass is 258 g/mol. The van der Waals surface area contributed by atoms with E-state index in [-0.39, 0.29) is 18.7 Å². The third-order valence-electron chi connectivity index (χ3n) is 3.21. The Morgan fingerprint density at radius 2 is 2.11 bits per heavy atom. The average Bonchev–Trinajstić information content (AvgIpc) is 2.38. The van der Waals surface area contributed by atoms with Crippen molar-refractivity contribution in [1.29, 1.82) is 0 Å². The van der Waals surface area contributed by atoms with Crippen LogP contribution in [0.5, 0.6) is 0 Å². The molecule has 5 heteroatoms. The summed E-state index contributed by atoms with van der Waals surface area (Å²) in [6.45, 7) is 7.09. The number of amides is 2. The highest BCUT2D eigenvalue weighted by molar-refractivity contribution is 5.74. The highest BCUT2D eigenvalue weighted by Crippen LogP contribution is 2.15. The molecule has 5 nitrogen and oxygen atoms in total. The van der Waals surface area contributed by atoms with Crippen LogP contribution in [0, 0.1) is 5.92 Å². The van der Waals surface area contributed by atoms with Gasteiger partial charge in [-0.1, -0.05) is 0 Å². The first-order valence-corrected chi connectivity index (χ1v) is 6.88. The van der Waals surface area contributed by atoms with Gasteiger partial charge in [-0.2, -0.15) is 0 Å². The highest BCUT2D eigenvalue weighted by atomic mass is 16.5. The molecule has 106 valence electrons. The number of hydrogen-bond donors (Lipinski definition) is 2. The Balaban J connectivity index is 2.07. The van der Waals surface area contributed by atoms with Crippen molar-refractivity contribution in [1.82, 2.24) is 10.2 Å². The second-order valence-electron chi connectivity index (χ2n) is 5.12. The summed E-state index contributed by atoms with van der Waals surface area (Å²) in [5.41, 5.74) is 0. The summed E-state index contributed by atoms with van der Waals surface area (Å²) in [5, 5.41) is 11.9. The van der Waals surface area contributed by atoms with Gasteiger partial charge in [0.05, 0.1) is 6.10 Å². The Morgan fingerprint density at radius 1 is 1.44 bits per heavy atom. The van der Waals surface area contributed by atoms with Crippen LogP contribution in [-0.4, -0.2) is 55.0 Å². The van der Waals surface area contributed by atoms with Gasteiger partial charge in [0.15, 0.2) is 0 Å². The SMILES string of the molecule is CC(C)OCCCNC(=O)N1CCC(CO)CC1. The number of carbonyl (C=O) groups is 1. The molecule has 0 aromatic heterocycles. The zero-order valence-corrected chi connectivity index (χ0v) is 11.5. The average molecular weight is 258 g/mol. The van der Waals surface area contributed by atoms with Crippen molar-refractivity contribution in [2.45, 2.75) is 39.2 Å². The summed E-state index contributed by atoms with van der Waals surface area (Å²) in [6, 6.07) is 0.0101. The van der Waals surface area contributed by atoms with E-state index in [1.54, 1.807) is 0 Å². The number of rotatable bonds is 6. The van der Waals surface area contributed by atoms with Gasteiger partial charge in [-0.3, -0.25) is 0 Å². The summed E-state index contributed by atoms with van der Waals surface area (Å²) in [7, 11) is 0. The molecule has 2 amide bonds. The standard InChI is InChI=1S/C13H26N2O3/c1-11(2)18-9-3-6-14-13(17)15-7-4-12(10-16)5-8-15/h11-12,16H,3-10H2,1-2H3,(H,14,17). The lowest BCUT2D eigenvalue weighted by atomic mass is 9.98. The predicted molar refractivity (Wildman–Crippen MR) is 70.5 cm³/mol. The molecule has 0 bridgehead atoms. The third kappa shape index (κ3) is 5.69. The van der Waals surface area contributed by atoms with Crippen molar-refractivity contribution >= 4 is 6.03 Å². The maximum absolute atomic E-state index is 11.8. The van der Waals surface area contributed by atoms with E-state index in [9.17, 15) is 4.79 Å². The molecule has 18 heavy (non-hydrogen) atoms.